The predicted molar refractivity (Wildman–Crippen MR) is 205 cm³/mol. The average molecular weight is 1020 g/mol. The maximum Gasteiger partial charge on any atom is 0.423 e. The molecule has 0 bridgehead atoms. The Bertz CT molecular complexity index is 1440. The fourth-order valence-electron chi connectivity index (χ4n) is 3.89. The molecule has 2 aromatic rings. The van der Waals surface area contributed by atoms with Crippen LogP contribution in [0.5, 0.6) is 11.5 Å². The third kappa shape index (κ3) is 15.9. The van der Waals surface area contributed by atoms with Crippen molar-refractivity contribution in [1.82, 2.24) is 19.2 Å². The van der Waals surface area contributed by atoms with Gasteiger partial charge in [0.05, 0.1) is 27.7 Å². The summed E-state index contributed by atoms with van der Waals surface area (Å²) in [4.78, 5) is 29.2. The van der Waals surface area contributed by atoms with Gasteiger partial charge < -0.3 is 19.3 Å². The lowest BCUT2D eigenvalue weighted by atomic mass is 10.2. The van der Waals surface area contributed by atoms with Gasteiger partial charge in [-0.3, -0.25) is 0 Å². The number of unbranched alkanes of at least 4 members (excludes halogenated alkanes) is 4. The summed E-state index contributed by atoms with van der Waals surface area (Å²) in [5, 5.41) is 0. The summed E-state index contributed by atoms with van der Waals surface area (Å²) in [6, 6.07) is 4.99. The second-order valence-corrected chi connectivity index (χ2v) is 17.7. The van der Waals surface area contributed by atoms with Crippen LogP contribution in [0, 0.1) is 0 Å². The number of esters is 2. The molecule has 0 fully saturated rings. The van der Waals surface area contributed by atoms with Crippen molar-refractivity contribution in [3.63, 3.8) is 0 Å². The molecule has 0 saturated carbocycles. The van der Waals surface area contributed by atoms with Crippen molar-refractivity contribution in [2.45, 2.75) is 48.3 Å². The molecule has 0 spiro atoms. The number of carbonyl (C=O) groups is 2. The zero-order valence-electron chi connectivity index (χ0n) is 26.7. The van der Waals surface area contributed by atoms with Crippen LogP contribution in [0.15, 0.2) is 51.9 Å². The summed E-state index contributed by atoms with van der Waals surface area (Å²) in [6.45, 7) is 2.36. The van der Waals surface area contributed by atoms with Crippen molar-refractivity contribution < 1.29 is 35.9 Å². The Kier molecular flexibility index (Phi) is 22.4. The van der Waals surface area contributed by atoms with Crippen LogP contribution in [0.2, 0.25) is 0 Å². The first-order chi connectivity index (χ1) is 21.4. The molecule has 48 heavy (non-hydrogen) atoms. The Balaban J connectivity index is 0.0000110. The Hall–Kier alpha value is -0.380. The standard InChI is InChI=1S/C28H38Br4N4O8S2.2ClH/c1-35(2)13-9-5-7-11-33-45(39,40)19-15-21(29)25(22(30)16-19)43-27(37)28(38)44-26-23(31)17-20(18-24(26)32)46(41,42)34-12-8-6-10-14-36(3)4;;/h15-18,33-34H,5-14H2,1-4H3;2*1H. The zero-order valence-corrected chi connectivity index (χ0v) is 36.3. The summed E-state index contributed by atoms with van der Waals surface area (Å²) in [7, 11) is 0.189. The van der Waals surface area contributed by atoms with Crippen LogP contribution in [0.1, 0.15) is 38.5 Å². The summed E-state index contributed by atoms with van der Waals surface area (Å²) in [6.07, 6.45) is 4.98. The van der Waals surface area contributed by atoms with Gasteiger partial charge in [-0.2, -0.15) is 0 Å². The van der Waals surface area contributed by atoms with E-state index in [1.54, 1.807) is 0 Å². The maximum absolute atomic E-state index is 12.8. The lowest BCUT2D eigenvalue weighted by molar-refractivity contribution is -0.156. The molecule has 0 aliphatic carbocycles. The molecule has 274 valence electrons. The van der Waals surface area contributed by atoms with E-state index in [0.29, 0.717) is 12.8 Å². The summed E-state index contributed by atoms with van der Waals surface area (Å²) in [5.74, 6) is -3.09. The van der Waals surface area contributed by atoms with E-state index < -0.39 is 32.0 Å². The second kappa shape index (κ2) is 22.5. The number of hydrogen-bond donors (Lipinski definition) is 2. The molecule has 0 amide bonds. The van der Waals surface area contributed by atoms with E-state index in [1.165, 1.54) is 24.3 Å². The molecule has 0 aliphatic rings. The first-order valence-corrected chi connectivity index (χ1v) is 20.3. The minimum absolute atomic E-state index is 0. The molecule has 0 aliphatic heterocycles. The third-order valence-electron chi connectivity index (χ3n) is 6.27. The van der Waals surface area contributed by atoms with E-state index in [2.05, 4.69) is 83.0 Å². The van der Waals surface area contributed by atoms with Crippen molar-refractivity contribution in [3.8, 4) is 11.5 Å². The fourth-order valence-corrected chi connectivity index (χ4v) is 9.44. The van der Waals surface area contributed by atoms with E-state index >= 15 is 0 Å². The minimum atomic E-state index is -3.86. The second-order valence-electron chi connectivity index (χ2n) is 10.7. The highest BCUT2D eigenvalue weighted by Gasteiger charge is 2.27. The van der Waals surface area contributed by atoms with E-state index in [4.69, 9.17) is 9.47 Å². The number of ether oxygens (including phenoxy) is 2. The number of halogens is 6. The Morgan fingerprint density at radius 1 is 0.583 bits per heavy atom. The molecule has 20 heteroatoms. The highest BCUT2D eigenvalue weighted by molar-refractivity contribution is 9.11. The Morgan fingerprint density at radius 3 is 1.15 bits per heavy atom. The predicted octanol–water partition coefficient (Wildman–Crippen LogP) is 6.11. The van der Waals surface area contributed by atoms with Crippen LogP contribution in [0.3, 0.4) is 0 Å². The van der Waals surface area contributed by atoms with Gasteiger partial charge in [0, 0.05) is 13.1 Å². The van der Waals surface area contributed by atoms with Crippen molar-refractivity contribution in [2.75, 3.05) is 54.4 Å². The third-order valence-corrected chi connectivity index (χ3v) is 11.5. The number of carbonyl (C=O) groups excluding carboxylic acids is 2. The van der Waals surface area contributed by atoms with Gasteiger partial charge in [0.15, 0.2) is 11.5 Å². The molecule has 2 aromatic carbocycles. The van der Waals surface area contributed by atoms with E-state index in [0.717, 1.165) is 38.8 Å². The zero-order chi connectivity index (χ0) is 34.7. The molecular weight excluding hydrogens is 975 g/mol. The van der Waals surface area contributed by atoms with Gasteiger partial charge in [-0.1, -0.05) is 12.8 Å². The number of hydrogen-bond acceptors (Lipinski definition) is 10. The van der Waals surface area contributed by atoms with Crippen molar-refractivity contribution >= 4 is 121 Å². The lowest BCUT2D eigenvalue weighted by Crippen LogP contribution is -2.27. The molecule has 12 nitrogen and oxygen atoms in total. The van der Waals surface area contributed by atoms with Crippen LogP contribution < -0.4 is 18.9 Å². The fraction of sp³-hybridized carbons (Fsp3) is 0.500. The van der Waals surface area contributed by atoms with Gasteiger partial charge >= 0.3 is 11.9 Å². The largest absolute Gasteiger partial charge is 0.423 e. The molecule has 0 radical (unpaired) electrons. The smallest absolute Gasteiger partial charge is 0.416 e. The normalized spacial score (nSPS) is 11.6. The number of benzene rings is 2. The first kappa shape index (κ1) is 47.6. The maximum atomic E-state index is 12.8. The SMILES string of the molecule is CN(C)CCCCCNS(=O)(=O)c1cc(Br)c(OC(=O)C(=O)Oc2c(Br)cc(S(=O)(=O)NCCCCCN(C)C)cc2Br)c(Br)c1.Cl.Cl. The summed E-state index contributed by atoms with van der Waals surface area (Å²) >= 11 is 12.8. The monoisotopic (exact) mass is 1010 g/mol. The topological polar surface area (TPSA) is 151 Å². The van der Waals surface area contributed by atoms with Crippen LogP contribution in [0.25, 0.3) is 0 Å². The van der Waals surface area contributed by atoms with E-state index in [9.17, 15) is 26.4 Å². The van der Waals surface area contributed by atoms with Crippen LogP contribution in [-0.4, -0.2) is 92.9 Å². The minimum Gasteiger partial charge on any atom is -0.416 e. The molecule has 0 atom stereocenters. The molecular formula is C28H40Br4Cl2N4O8S2. The van der Waals surface area contributed by atoms with Crippen LogP contribution in [-0.2, 0) is 29.6 Å². The molecule has 0 saturated heterocycles. The van der Waals surface area contributed by atoms with Gasteiger partial charge in [0.2, 0.25) is 20.0 Å². The van der Waals surface area contributed by atoms with E-state index in [1.807, 2.05) is 28.2 Å². The molecule has 0 unspecified atom stereocenters. The highest BCUT2D eigenvalue weighted by Crippen LogP contribution is 2.38. The highest BCUT2D eigenvalue weighted by atomic mass is 79.9. The van der Waals surface area contributed by atoms with Crippen molar-refractivity contribution in [1.29, 1.82) is 0 Å². The lowest BCUT2D eigenvalue weighted by Gasteiger charge is -2.13. The molecule has 0 heterocycles. The number of rotatable bonds is 18. The Morgan fingerprint density at radius 2 is 0.875 bits per heavy atom. The Labute approximate surface area is 329 Å². The van der Waals surface area contributed by atoms with Gasteiger partial charge in [0.1, 0.15) is 0 Å². The molecule has 2 rings (SSSR count). The van der Waals surface area contributed by atoms with Gasteiger partial charge in [0.25, 0.3) is 0 Å². The van der Waals surface area contributed by atoms with Crippen molar-refractivity contribution in [2.24, 2.45) is 0 Å². The summed E-state index contributed by atoms with van der Waals surface area (Å²) < 4.78 is 67.0. The van der Waals surface area contributed by atoms with Gasteiger partial charge in [-0.25, -0.2) is 35.9 Å². The summed E-state index contributed by atoms with van der Waals surface area (Å²) in [5.41, 5.74) is 0. The number of sulfonamides is 2. The quantitative estimate of drug-likeness (QED) is 0.0775. The molecule has 2 N–H and O–H groups in total. The number of nitrogens with zero attached hydrogens (tertiary/aromatic N) is 2. The van der Waals surface area contributed by atoms with E-state index in [-0.39, 0.29) is 77.1 Å². The first-order valence-electron chi connectivity index (χ1n) is 14.2. The van der Waals surface area contributed by atoms with Crippen LogP contribution >= 0.6 is 88.5 Å². The average Bonchev–Trinajstić information content (AvgIpc) is 2.95. The van der Waals surface area contributed by atoms with Crippen molar-refractivity contribution in [3.05, 3.63) is 42.2 Å². The molecule has 0 aromatic heterocycles. The number of nitrogens with one attached hydrogen (secondary N) is 2. The van der Waals surface area contributed by atoms with Gasteiger partial charge in [-0.15, -0.1) is 24.8 Å². The van der Waals surface area contributed by atoms with Gasteiger partial charge in [-0.05, 0) is 155 Å². The van der Waals surface area contributed by atoms with Crippen LogP contribution in [0.4, 0.5) is 0 Å².